The molecule has 1 atom stereocenters. The van der Waals surface area contributed by atoms with Crippen molar-refractivity contribution in [2.45, 2.75) is 68.9 Å². The summed E-state index contributed by atoms with van der Waals surface area (Å²) in [6.45, 7) is 12.9. The predicted octanol–water partition coefficient (Wildman–Crippen LogP) is 4.23. The molecule has 0 bridgehead atoms. The van der Waals surface area contributed by atoms with Gasteiger partial charge in [0.15, 0.2) is 0 Å². The van der Waals surface area contributed by atoms with Crippen LogP contribution in [0.5, 0.6) is 0 Å². The minimum absolute atomic E-state index is 0.00778. The quantitative estimate of drug-likeness (QED) is 0.877. The number of hydrogen-bond acceptors (Lipinski definition) is 3. The van der Waals surface area contributed by atoms with Crippen LogP contribution in [-0.2, 0) is 11.3 Å². The second-order valence-corrected chi connectivity index (χ2v) is 7.98. The molecule has 1 heterocycles. The molecule has 1 unspecified atom stereocenters. The van der Waals surface area contributed by atoms with Crippen LogP contribution in [0.4, 0.5) is 0 Å². The van der Waals surface area contributed by atoms with E-state index in [9.17, 15) is 0 Å². The fourth-order valence-electron chi connectivity index (χ4n) is 2.81. The first-order chi connectivity index (χ1) is 9.32. The SMILES string of the molecule is CCNCc1ccc(SC2CC(C)(C)OC2(C)C)cc1. The van der Waals surface area contributed by atoms with Crippen LogP contribution in [0.3, 0.4) is 0 Å². The zero-order chi connectivity index (χ0) is 14.8. The van der Waals surface area contributed by atoms with E-state index in [0.717, 1.165) is 19.5 Å². The standard InChI is InChI=1S/C17H27NOS/c1-6-18-12-13-7-9-14(10-8-13)20-15-11-16(2,3)19-17(15,4)5/h7-10,15,18H,6,11-12H2,1-5H3. The van der Waals surface area contributed by atoms with Gasteiger partial charge in [-0.3, -0.25) is 0 Å². The highest BCUT2D eigenvalue weighted by molar-refractivity contribution is 8.00. The second kappa shape index (κ2) is 6.08. The Bertz CT molecular complexity index is 439. The maximum Gasteiger partial charge on any atom is 0.0756 e. The zero-order valence-electron chi connectivity index (χ0n) is 13.3. The van der Waals surface area contributed by atoms with Crippen molar-refractivity contribution in [3.05, 3.63) is 29.8 Å². The van der Waals surface area contributed by atoms with Crippen LogP contribution in [0.2, 0.25) is 0 Å². The van der Waals surface area contributed by atoms with Gasteiger partial charge in [0.1, 0.15) is 0 Å². The van der Waals surface area contributed by atoms with Gasteiger partial charge < -0.3 is 10.1 Å². The van der Waals surface area contributed by atoms with Crippen LogP contribution in [0.15, 0.2) is 29.2 Å². The van der Waals surface area contributed by atoms with Crippen molar-refractivity contribution in [2.24, 2.45) is 0 Å². The number of benzene rings is 1. The molecular formula is C17H27NOS. The van der Waals surface area contributed by atoms with Crippen molar-refractivity contribution in [1.82, 2.24) is 5.32 Å². The first-order valence-corrected chi connectivity index (χ1v) is 8.37. The minimum atomic E-state index is -0.0589. The third-order valence-electron chi connectivity index (χ3n) is 3.77. The van der Waals surface area contributed by atoms with Gasteiger partial charge in [-0.25, -0.2) is 0 Å². The smallest absolute Gasteiger partial charge is 0.0756 e. The van der Waals surface area contributed by atoms with E-state index in [1.807, 2.05) is 11.8 Å². The van der Waals surface area contributed by atoms with Crippen molar-refractivity contribution in [1.29, 1.82) is 0 Å². The Morgan fingerprint density at radius 3 is 2.35 bits per heavy atom. The van der Waals surface area contributed by atoms with Crippen LogP contribution < -0.4 is 5.32 Å². The molecule has 1 fully saturated rings. The van der Waals surface area contributed by atoms with E-state index in [0.29, 0.717) is 5.25 Å². The third-order valence-corrected chi connectivity index (χ3v) is 5.34. The number of thioether (sulfide) groups is 1. The molecule has 1 saturated heterocycles. The molecule has 112 valence electrons. The summed E-state index contributed by atoms with van der Waals surface area (Å²) in [6, 6.07) is 8.91. The summed E-state index contributed by atoms with van der Waals surface area (Å²) in [5.41, 5.74) is 1.28. The third kappa shape index (κ3) is 4.00. The lowest BCUT2D eigenvalue weighted by Crippen LogP contribution is -2.30. The van der Waals surface area contributed by atoms with Gasteiger partial charge in [-0.2, -0.15) is 0 Å². The summed E-state index contributed by atoms with van der Waals surface area (Å²) in [5, 5.41) is 3.87. The number of ether oxygens (including phenoxy) is 1. The van der Waals surface area contributed by atoms with E-state index in [1.165, 1.54) is 10.5 Å². The Kier molecular flexibility index (Phi) is 4.83. The lowest BCUT2D eigenvalue weighted by molar-refractivity contribution is -0.0631. The van der Waals surface area contributed by atoms with Crippen LogP contribution >= 0.6 is 11.8 Å². The maximum atomic E-state index is 6.17. The van der Waals surface area contributed by atoms with E-state index in [1.54, 1.807) is 0 Å². The Balaban J connectivity index is 2.00. The maximum absolute atomic E-state index is 6.17. The highest BCUT2D eigenvalue weighted by Crippen LogP contribution is 2.45. The molecule has 1 aromatic rings. The molecule has 0 aromatic heterocycles. The average Bonchev–Trinajstić information content (AvgIpc) is 2.56. The summed E-state index contributed by atoms with van der Waals surface area (Å²) in [6.07, 6.45) is 1.10. The first-order valence-electron chi connectivity index (χ1n) is 7.49. The molecule has 2 nitrogen and oxygen atoms in total. The predicted molar refractivity (Wildman–Crippen MR) is 87.3 cm³/mol. The van der Waals surface area contributed by atoms with Crippen molar-refractivity contribution in [2.75, 3.05) is 6.54 Å². The van der Waals surface area contributed by atoms with E-state index in [2.05, 4.69) is 64.2 Å². The largest absolute Gasteiger partial charge is 0.368 e. The zero-order valence-corrected chi connectivity index (χ0v) is 14.1. The van der Waals surface area contributed by atoms with Crippen molar-refractivity contribution in [3.8, 4) is 0 Å². The van der Waals surface area contributed by atoms with Gasteiger partial charge in [0.05, 0.1) is 11.2 Å². The number of hydrogen-bond donors (Lipinski definition) is 1. The minimum Gasteiger partial charge on any atom is -0.368 e. The van der Waals surface area contributed by atoms with E-state index in [4.69, 9.17) is 4.74 Å². The van der Waals surface area contributed by atoms with Gasteiger partial charge in [-0.15, -0.1) is 11.8 Å². The number of rotatable bonds is 5. The van der Waals surface area contributed by atoms with Crippen LogP contribution in [0, 0.1) is 0 Å². The van der Waals surface area contributed by atoms with Gasteiger partial charge in [-0.05, 0) is 58.4 Å². The molecule has 0 spiro atoms. The van der Waals surface area contributed by atoms with E-state index < -0.39 is 0 Å². The fraction of sp³-hybridized carbons (Fsp3) is 0.647. The normalized spacial score (nSPS) is 23.9. The summed E-state index contributed by atoms with van der Waals surface area (Å²) in [7, 11) is 0. The Hall–Kier alpha value is -0.510. The van der Waals surface area contributed by atoms with Gasteiger partial charge in [0, 0.05) is 16.7 Å². The Morgan fingerprint density at radius 1 is 1.20 bits per heavy atom. The highest BCUT2D eigenvalue weighted by atomic mass is 32.2. The molecule has 2 rings (SSSR count). The fourth-order valence-corrected chi connectivity index (χ4v) is 4.25. The highest BCUT2D eigenvalue weighted by Gasteiger charge is 2.46. The second-order valence-electron chi connectivity index (χ2n) is 6.70. The lowest BCUT2D eigenvalue weighted by Gasteiger charge is -2.27. The summed E-state index contributed by atoms with van der Waals surface area (Å²) >= 11 is 1.95. The molecule has 1 aliphatic heterocycles. The van der Waals surface area contributed by atoms with E-state index >= 15 is 0 Å². The van der Waals surface area contributed by atoms with Crippen LogP contribution in [0.25, 0.3) is 0 Å². The molecule has 1 N–H and O–H groups in total. The average molecular weight is 293 g/mol. The van der Waals surface area contributed by atoms with Crippen molar-refractivity contribution < 1.29 is 4.74 Å². The molecule has 0 aliphatic carbocycles. The summed E-state index contributed by atoms with van der Waals surface area (Å²) < 4.78 is 6.17. The lowest BCUT2D eigenvalue weighted by atomic mass is 10.0. The van der Waals surface area contributed by atoms with Gasteiger partial charge in [0.2, 0.25) is 0 Å². The topological polar surface area (TPSA) is 21.3 Å². The van der Waals surface area contributed by atoms with Gasteiger partial charge in [0.25, 0.3) is 0 Å². The molecular weight excluding hydrogens is 266 g/mol. The van der Waals surface area contributed by atoms with Gasteiger partial charge in [-0.1, -0.05) is 19.1 Å². The summed E-state index contributed by atoms with van der Waals surface area (Å²) in [5.74, 6) is 0. The molecule has 3 heteroatoms. The first kappa shape index (κ1) is 15.9. The Labute approximate surface area is 127 Å². The molecule has 1 aromatic carbocycles. The summed E-state index contributed by atoms with van der Waals surface area (Å²) in [4.78, 5) is 1.34. The van der Waals surface area contributed by atoms with E-state index in [-0.39, 0.29) is 11.2 Å². The van der Waals surface area contributed by atoms with Crippen molar-refractivity contribution >= 4 is 11.8 Å². The monoisotopic (exact) mass is 293 g/mol. The van der Waals surface area contributed by atoms with Crippen LogP contribution in [0.1, 0.15) is 46.6 Å². The number of nitrogens with one attached hydrogen (secondary N) is 1. The molecule has 1 aliphatic rings. The molecule has 0 saturated carbocycles. The Morgan fingerprint density at radius 2 is 1.85 bits per heavy atom. The van der Waals surface area contributed by atoms with Crippen LogP contribution in [-0.4, -0.2) is 23.0 Å². The molecule has 0 amide bonds. The molecule has 20 heavy (non-hydrogen) atoms. The van der Waals surface area contributed by atoms with Gasteiger partial charge >= 0.3 is 0 Å². The van der Waals surface area contributed by atoms with Crippen molar-refractivity contribution in [3.63, 3.8) is 0 Å². The molecule has 0 radical (unpaired) electrons.